The third-order valence-corrected chi connectivity index (χ3v) is 1.62. The van der Waals surface area contributed by atoms with E-state index < -0.39 is 4.92 Å². The van der Waals surface area contributed by atoms with Crippen LogP contribution in [0.5, 0.6) is 0 Å². The molecule has 0 aromatic carbocycles. The molecule has 0 saturated heterocycles. The van der Waals surface area contributed by atoms with Crippen molar-refractivity contribution >= 4 is 11.8 Å². The summed E-state index contributed by atoms with van der Waals surface area (Å²) in [5.74, 6) is 0. The van der Waals surface area contributed by atoms with Gasteiger partial charge in [-0.05, 0) is 25.1 Å². The zero-order valence-corrected chi connectivity index (χ0v) is 7.59. The Morgan fingerprint density at radius 2 is 2.43 bits per heavy atom. The first-order valence-corrected chi connectivity index (χ1v) is 4.21. The third-order valence-electron chi connectivity index (χ3n) is 1.62. The number of hydrogen-bond acceptors (Lipinski definition) is 4. The molecule has 0 bridgehead atoms. The molecule has 0 amide bonds. The molecule has 0 atom stereocenters. The van der Waals surface area contributed by atoms with Gasteiger partial charge in [0.05, 0.1) is 4.92 Å². The molecule has 0 unspecified atom stereocenters. The Labute approximate surface area is 81.4 Å². The van der Waals surface area contributed by atoms with Crippen molar-refractivity contribution in [1.82, 2.24) is 4.98 Å². The highest BCUT2D eigenvalue weighted by atomic mass is 16.6. The van der Waals surface area contributed by atoms with E-state index in [1.807, 2.05) is 0 Å². The normalized spacial score (nSPS) is 10.6. The maximum atomic E-state index is 10.6. The lowest BCUT2D eigenvalue weighted by Crippen LogP contribution is -1.96. The fourth-order valence-corrected chi connectivity index (χ4v) is 0.983. The summed E-state index contributed by atoms with van der Waals surface area (Å²) in [5, 5.41) is 10.6. The maximum absolute atomic E-state index is 10.6. The van der Waals surface area contributed by atoms with Crippen molar-refractivity contribution in [3.05, 3.63) is 40.2 Å². The quantitative estimate of drug-likeness (QED) is 0.578. The number of pyridine rings is 1. The van der Waals surface area contributed by atoms with E-state index in [2.05, 4.69) is 4.98 Å². The standard InChI is InChI=1S/C9H11N3O2/c10-6-2-1-4-8-9(12(13)14)5-3-7-11-8/h1,3-5,7H,2,6,10H2. The van der Waals surface area contributed by atoms with Crippen LogP contribution in [0.1, 0.15) is 12.1 Å². The van der Waals surface area contributed by atoms with Crippen LogP contribution in [0.4, 0.5) is 5.69 Å². The predicted octanol–water partition coefficient (Wildman–Crippen LogP) is 1.35. The lowest BCUT2D eigenvalue weighted by atomic mass is 10.2. The Hall–Kier alpha value is -1.75. The van der Waals surface area contributed by atoms with Crippen molar-refractivity contribution in [2.45, 2.75) is 6.42 Å². The maximum Gasteiger partial charge on any atom is 0.294 e. The molecular formula is C9H11N3O2. The average molecular weight is 193 g/mol. The van der Waals surface area contributed by atoms with E-state index in [0.717, 1.165) is 0 Å². The molecule has 0 aliphatic rings. The highest BCUT2D eigenvalue weighted by Crippen LogP contribution is 2.16. The van der Waals surface area contributed by atoms with Crippen molar-refractivity contribution in [3.8, 4) is 0 Å². The summed E-state index contributed by atoms with van der Waals surface area (Å²) in [4.78, 5) is 14.0. The Morgan fingerprint density at radius 1 is 1.64 bits per heavy atom. The van der Waals surface area contributed by atoms with Gasteiger partial charge in [-0.2, -0.15) is 0 Å². The van der Waals surface area contributed by atoms with Gasteiger partial charge >= 0.3 is 0 Å². The fourth-order valence-electron chi connectivity index (χ4n) is 0.983. The molecule has 14 heavy (non-hydrogen) atoms. The Balaban J connectivity index is 2.90. The monoisotopic (exact) mass is 193 g/mol. The molecule has 1 heterocycles. The van der Waals surface area contributed by atoms with Gasteiger partial charge in [-0.3, -0.25) is 10.1 Å². The summed E-state index contributed by atoms with van der Waals surface area (Å²) in [7, 11) is 0. The van der Waals surface area contributed by atoms with Gasteiger partial charge < -0.3 is 5.73 Å². The van der Waals surface area contributed by atoms with Gasteiger partial charge in [-0.15, -0.1) is 0 Å². The van der Waals surface area contributed by atoms with Crippen LogP contribution in [-0.2, 0) is 0 Å². The van der Waals surface area contributed by atoms with E-state index in [9.17, 15) is 10.1 Å². The lowest BCUT2D eigenvalue weighted by Gasteiger charge is -1.94. The van der Waals surface area contributed by atoms with E-state index in [0.29, 0.717) is 18.7 Å². The Kier molecular flexibility index (Phi) is 3.75. The van der Waals surface area contributed by atoms with Crippen molar-refractivity contribution in [1.29, 1.82) is 0 Å². The minimum Gasteiger partial charge on any atom is -0.330 e. The van der Waals surface area contributed by atoms with Gasteiger partial charge in [0.1, 0.15) is 5.69 Å². The molecule has 1 aromatic heterocycles. The number of rotatable bonds is 4. The molecule has 0 spiro atoms. The van der Waals surface area contributed by atoms with Gasteiger partial charge in [-0.1, -0.05) is 6.08 Å². The third kappa shape index (κ3) is 2.63. The summed E-state index contributed by atoms with van der Waals surface area (Å²) in [6.07, 6.45) is 5.60. The van der Waals surface area contributed by atoms with Crippen molar-refractivity contribution < 1.29 is 4.92 Å². The van der Waals surface area contributed by atoms with E-state index in [1.54, 1.807) is 18.2 Å². The number of aromatic nitrogens is 1. The van der Waals surface area contributed by atoms with Crippen LogP contribution >= 0.6 is 0 Å². The van der Waals surface area contributed by atoms with Crippen LogP contribution < -0.4 is 5.73 Å². The smallest absolute Gasteiger partial charge is 0.294 e. The largest absolute Gasteiger partial charge is 0.330 e. The fraction of sp³-hybridized carbons (Fsp3) is 0.222. The zero-order chi connectivity index (χ0) is 10.4. The molecule has 1 aromatic rings. The minimum absolute atomic E-state index is 0.0146. The van der Waals surface area contributed by atoms with Gasteiger partial charge in [0.2, 0.25) is 0 Å². The first-order valence-electron chi connectivity index (χ1n) is 4.21. The van der Waals surface area contributed by atoms with Gasteiger partial charge in [0.25, 0.3) is 5.69 Å². The van der Waals surface area contributed by atoms with Gasteiger partial charge in [0, 0.05) is 12.3 Å². The zero-order valence-electron chi connectivity index (χ0n) is 7.59. The van der Waals surface area contributed by atoms with Crippen molar-refractivity contribution in [2.24, 2.45) is 5.73 Å². The highest BCUT2D eigenvalue weighted by Gasteiger charge is 2.10. The van der Waals surface area contributed by atoms with Gasteiger partial charge in [-0.25, -0.2) is 4.98 Å². The molecule has 5 heteroatoms. The molecule has 0 aliphatic heterocycles. The van der Waals surface area contributed by atoms with E-state index in [4.69, 9.17) is 5.73 Å². The molecule has 5 nitrogen and oxygen atoms in total. The molecular weight excluding hydrogens is 182 g/mol. The van der Waals surface area contributed by atoms with E-state index >= 15 is 0 Å². The molecule has 0 aliphatic carbocycles. The minimum atomic E-state index is -0.449. The van der Waals surface area contributed by atoms with Crippen LogP contribution in [-0.4, -0.2) is 16.5 Å². The SMILES string of the molecule is NCCC=Cc1ncccc1[N+](=O)[O-]. The predicted molar refractivity (Wildman–Crippen MR) is 53.6 cm³/mol. The first-order chi connectivity index (χ1) is 6.75. The van der Waals surface area contributed by atoms with Crippen LogP contribution in [0.25, 0.3) is 6.08 Å². The first kappa shape index (κ1) is 10.3. The molecule has 0 saturated carbocycles. The van der Waals surface area contributed by atoms with Crippen LogP contribution in [0.2, 0.25) is 0 Å². The number of nitrogens with zero attached hydrogens (tertiary/aromatic N) is 2. The second-order valence-electron chi connectivity index (χ2n) is 2.64. The lowest BCUT2D eigenvalue weighted by molar-refractivity contribution is -0.385. The van der Waals surface area contributed by atoms with E-state index in [1.165, 1.54) is 12.3 Å². The summed E-state index contributed by atoms with van der Waals surface area (Å²) in [5.41, 5.74) is 5.67. The second kappa shape index (κ2) is 5.08. The Bertz CT molecular complexity index is 350. The second-order valence-corrected chi connectivity index (χ2v) is 2.64. The molecule has 0 fully saturated rings. The molecule has 1 rings (SSSR count). The van der Waals surface area contributed by atoms with Crippen molar-refractivity contribution in [2.75, 3.05) is 6.54 Å². The summed E-state index contributed by atoms with van der Waals surface area (Å²) in [6, 6.07) is 2.97. The highest BCUT2D eigenvalue weighted by molar-refractivity contribution is 5.56. The molecule has 74 valence electrons. The Morgan fingerprint density at radius 3 is 3.07 bits per heavy atom. The topological polar surface area (TPSA) is 82.0 Å². The summed E-state index contributed by atoms with van der Waals surface area (Å²) >= 11 is 0. The van der Waals surface area contributed by atoms with Crippen LogP contribution in [0, 0.1) is 10.1 Å². The van der Waals surface area contributed by atoms with Gasteiger partial charge in [0.15, 0.2) is 0 Å². The average Bonchev–Trinajstić information content (AvgIpc) is 2.19. The summed E-state index contributed by atoms with van der Waals surface area (Å²) in [6.45, 7) is 0.525. The number of nitrogens with two attached hydrogens (primary N) is 1. The van der Waals surface area contributed by atoms with Crippen LogP contribution in [0.3, 0.4) is 0 Å². The van der Waals surface area contributed by atoms with Crippen molar-refractivity contribution in [3.63, 3.8) is 0 Å². The van der Waals surface area contributed by atoms with E-state index in [-0.39, 0.29) is 5.69 Å². The molecule has 0 radical (unpaired) electrons. The number of nitro groups is 1. The van der Waals surface area contributed by atoms with Crippen LogP contribution in [0.15, 0.2) is 24.4 Å². The number of hydrogen-bond donors (Lipinski definition) is 1. The summed E-state index contributed by atoms with van der Waals surface area (Å²) < 4.78 is 0. The molecule has 2 N–H and O–H groups in total.